The van der Waals surface area contributed by atoms with Gasteiger partial charge in [0.15, 0.2) is 0 Å². The summed E-state index contributed by atoms with van der Waals surface area (Å²) in [6, 6.07) is 0.139. The predicted octanol–water partition coefficient (Wildman–Crippen LogP) is 0.637. The molecule has 1 N–H and O–H groups in total. The normalized spacial score (nSPS) is 22.2. The largest absolute Gasteiger partial charge is 0.379 e. The maximum absolute atomic E-state index is 10.9. The number of ether oxygens (including phenoxy) is 1. The monoisotopic (exact) mass is 231 g/mol. The molecule has 1 amide bonds. The fourth-order valence-corrected chi connectivity index (χ4v) is 1.30. The van der Waals surface area contributed by atoms with E-state index in [9.17, 15) is 4.79 Å². The summed E-state index contributed by atoms with van der Waals surface area (Å²) in [4.78, 5) is 13.3. The van der Waals surface area contributed by atoms with Gasteiger partial charge in [-0.15, -0.1) is 0 Å². The third-order valence-electron chi connectivity index (χ3n) is 1.66. The second-order valence-corrected chi connectivity index (χ2v) is 3.00. The second kappa shape index (κ2) is 5.18. The van der Waals surface area contributed by atoms with Gasteiger partial charge >= 0.3 is 0 Å². The van der Waals surface area contributed by atoms with Crippen molar-refractivity contribution in [2.75, 3.05) is 13.2 Å². The van der Waals surface area contributed by atoms with Crippen LogP contribution in [0.4, 0.5) is 0 Å². The van der Waals surface area contributed by atoms with Crippen LogP contribution in [-0.4, -0.2) is 25.2 Å². The first-order valence-corrected chi connectivity index (χ1v) is 4.62. The average molecular weight is 232 g/mol. The van der Waals surface area contributed by atoms with Gasteiger partial charge in [0.25, 0.3) is 5.91 Å². The molecule has 1 atom stereocenters. The molecule has 0 bridgehead atoms. The highest BCUT2D eigenvalue weighted by atomic mass is 79.9. The predicted molar refractivity (Wildman–Crippen MR) is 48.7 cm³/mol. The molecule has 0 aromatic heterocycles. The zero-order valence-corrected chi connectivity index (χ0v) is 8.19. The minimum Gasteiger partial charge on any atom is -0.379 e. The highest BCUT2D eigenvalue weighted by molar-refractivity contribution is 9.12. The lowest BCUT2D eigenvalue weighted by Crippen LogP contribution is -2.39. The minimum absolute atomic E-state index is 0.139. The molecule has 0 spiro atoms. The summed E-state index contributed by atoms with van der Waals surface area (Å²) in [5, 5.41) is 2.75. The molecule has 0 aromatic rings. The number of hydrogen-bond donors (Lipinski definition) is 1. The van der Waals surface area contributed by atoms with Gasteiger partial charge in [0.2, 0.25) is 0 Å². The third kappa shape index (κ3) is 3.24. The molecule has 1 fully saturated rings. The zero-order valence-electron chi connectivity index (χ0n) is 6.60. The summed E-state index contributed by atoms with van der Waals surface area (Å²) < 4.78 is 5.19. The Labute approximate surface area is 80.0 Å². The Balaban J connectivity index is 2.27. The van der Waals surface area contributed by atoms with Gasteiger partial charge in [0, 0.05) is 28.5 Å². The van der Waals surface area contributed by atoms with E-state index in [-0.39, 0.29) is 11.9 Å². The van der Waals surface area contributed by atoms with Crippen LogP contribution >= 0.6 is 15.9 Å². The molecule has 0 aliphatic carbocycles. The number of hydrogen-bond acceptors (Lipinski definition) is 2. The highest BCUT2D eigenvalue weighted by Crippen LogP contribution is 2.04. The van der Waals surface area contributed by atoms with Crippen molar-refractivity contribution in [3.05, 3.63) is 0 Å². The van der Waals surface area contributed by atoms with E-state index in [4.69, 9.17) is 4.74 Å². The van der Waals surface area contributed by atoms with Gasteiger partial charge in [-0.2, -0.15) is 0 Å². The van der Waals surface area contributed by atoms with Crippen molar-refractivity contribution in [2.45, 2.75) is 18.9 Å². The molecule has 4 heteroatoms. The van der Waals surface area contributed by atoms with Gasteiger partial charge in [-0.05, 0) is 17.7 Å². The molecule has 1 saturated heterocycles. The van der Waals surface area contributed by atoms with Crippen molar-refractivity contribution in [3.8, 4) is 10.8 Å². The van der Waals surface area contributed by atoms with Crippen molar-refractivity contribution in [1.29, 1.82) is 0 Å². The number of amides is 1. The fraction of sp³-hybridized carbons (Fsp3) is 0.625. The molecule has 0 unspecified atom stereocenters. The number of nitrogens with one attached hydrogen (secondary N) is 1. The summed E-state index contributed by atoms with van der Waals surface area (Å²) in [6.07, 6.45) is 1.99. The maximum atomic E-state index is 10.9. The van der Waals surface area contributed by atoms with E-state index < -0.39 is 0 Å². The first-order valence-electron chi connectivity index (χ1n) is 3.83. The smallest absolute Gasteiger partial charge is 0.297 e. The number of halogens is 1. The lowest BCUT2D eigenvalue weighted by Gasteiger charge is -2.21. The van der Waals surface area contributed by atoms with Crippen LogP contribution in [0.25, 0.3) is 0 Å². The Hall–Kier alpha value is -0.530. The number of carbonyl (C=O) groups is 1. The number of carbonyl (C=O) groups excluding carboxylic acids is 1. The van der Waals surface area contributed by atoms with E-state index in [2.05, 4.69) is 32.0 Å². The molecule has 1 heterocycles. The Morgan fingerprint density at radius 3 is 3.08 bits per heavy atom. The van der Waals surface area contributed by atoms with Gasteiger partial charge in [0.05, 0.1) is 12.6 Å². The molecular formula is C8H10BrNO2. The van der Waals surface area contributed by atoms with Crippen LogP contribution in [0.3, 0.4) is 0 Å². The van der Waals surface area contributed by atoms with Gasteiger partial charge in [-0.3, -0.25) is 4.79 Å². The molecule has 66 valence electrons. The Bertz CT molecular complexity index is 213. The molecule has 12 heavy (non-hydrogen) atoms. The second-order valence-electron chi connectivity index (χ2n) is 2.61. The summed E-state index contributed by atoms with van der Waals surface area (Å²) in [7, 11) is 0. The van der Waals surface area contributed by atoms with E-state index in [1.165, 1.54) is 0 Å². The van der Waals surface area contributed by atoms with E-state index in [0.717, 1.165) is 19.4 Å². The van der Waals surface area contributed by atoms with Crippen molar-refractivity contribution >= 4 is 21.8 Å². The first kappa shape index (κ1) is 9.56. The lowest BCUT2D eigenvalue weighted by atomic mass is 10.1. The zero-order chi connectivity index (χ0) is 8.81. The molecular weight excluding hydrogens is 222 g/mol. The quantitative estimate of drug-likeness (QED) is 0.673. The topological polar surface area (TPSA) is 38.3 Å². The Morgan fingerprint density at radius 1 is 1.67 bits per heavy atom. The third-order valence-corrected chi connectivity index (χ3v) is 1.85. The molecule has 0 radical (unpaired) electrons. The van der Waals surface area contributed by atoms with E-state index in [0.29, 0.717) is 6.61 Å². The minimum atomic E-state index is -0.248. The van der Waals surface area contributed by atoms with Crippen LogP contribution in [0.15, 0.2) is 0 Å². The molecule has 0 aromatic carbocycles. The van der Waals surface area contributed by atoms with Gasteiger partial charge < -0.3 is 10.1 Å². The lowest BCUT2D eigenvalue weighted by molar-refractivity contribution is -0.117. The summed E-state index contributed by atoms with van der Waals surface area (Å²) in [5.41, 5.74) is 0. The molecule has 1 rings (SSSR count). The molecule has 0 saturated carbocycles. The molecule has 1 aliphatic heterocycles. The van der Waals surface area contributed by atoms with Crippen LogP contribution in [0, 0.1) is 10.8 Å². The van der Waals surface area contributed by atoms with Gasteiger partial charge in [0.1, 0.15) is 0 Å². The van der Waals surface area contributed by atoms with Crippen LogP contribution in [0.2, 0.25) is 0 Å². The average Bonchev–Trinajstić information content (AvgIpc) is 2.06. The van der Waals surface area contributed by atoms with Crippen molar-refractivity contribution in [1.82, 2.24) is 5.32 Å². The summed E-state index contributed by atoms with van der Waals surface area (Å²) in [5.74, 6) is 2.11. The van der Waals surface area contributed by atoms with Gasteiger partial charge in [-0.25, -0.2) is 0 Å². The Kier molecular flexibility index (Phi) is 4.12. The van der Waals surface area contributed by atoms with Gasteiger partial charge in [-0.1, -0.05) is 0 Å². The van der Waals surface area contributed by atoms with Crippen molar-refractivity contribution in [2.24, 2.45) is 0 Å². The van der Waals surface area contributed by atoms with Crippen molar-refractivity contribution < 1.29 is 9.53 Å². The van der Waals surface area contributed by atoms with Crippen LogP contribution < -0.4 is 5.32 Å². The van der Waals surface area contributed by atoms with E-state index >= 15 is 0 Å². The van der Waals surface area contributed by atoms with E-state index in [1.54, 1.807) is 0 Å². The SMILES string of the molecule is O=C(C#CBr)N[C@@H]1CCCOC1. The van der Waals surface area contributed by atoms with E-state index in [1.807, 2.05) is 0 Å². The Morgan fingerprint density at radius 2 is 2.50 bits per heavy atom. The highest BCUT2D eigenvalue weighted by Gasteiger charge is 2.14. The first-order chi connectivity index (χ1) is 5.83. The molecule has 3 nitrogen and oxygen atoms in total. The molecule has 1 aliphatic rings. The maximum Gasteiger partial charge on any atom is 0.297 e. The summed E-state index contributed by atoms with van der Waals surface area (Å²) >= 11 is 2.86. The number of rotatable bonds is 1. The van der Waals surface area contributed by atoms with Crippen LogP contribution in [0.1, 0.15) is 12.8 Å². The van der Waals surface area contributed by atoms with Crippen LogP contribution in [-0.2, 0) is 9.53 Å². The standard InChI is InChI=1S/C8H10BrNO2/c9-4-3-8(11)10-7-2-1-5-12-6-7/h7H,1-2,5-6H2,(H,10,11)/t7-/m1/s1. The van der Waals surface area contributed by atoms with Crippen LogP contribution in [0.5, 0.6) is 0 Å². The summed E-state index contributed by atoms with van der Waals surface area (Å²) in [6.45, 7) is 1.41. The van der Waals surface area contributed by atoms with Crippen molar-refractivity contribution in [3.63, 3.8) is 0 Å². The fourth-order valence-electron chi connectivity index (χ4n) is 1.12.